The fourth-order valence-electron chi connectivity index (χ4n) is 1.14. The molecule has 0 atom stereocenters. The van der Waals surface area contributed by atoms with Crippen LogP contribution in [0.1, 0.15) is 46.0 Å². The molecule has 1 aliphatic rings. The van der Waals surface area contributed by atoms with Gasteiger partial charge in [-0.1, -0.05) is 26.7 Å². The average molecular weight is 232 g/mol. The van der Waals surface area contributed by atoms with Gasteiger partial charge in [0.2, 0.25) is 0 Å². The molecule has 1 heterocycles. The van der Waals surface area contributed by atoms with Crippen LogP contribution in [0.2, 0.25) is 0 Å². The molecule has 0 bridgehead atoms. The Kier molecular flexibility index (Phi) is 4.70. The first-order chi connectivity index (χ1) is 7.64. The van der Waals surface area contributed by atoms with Crippen molar-refractivity contribution in [2.24, 2.45) is 0 Å². The number of hydrogen-bond acceptors (Lipinski definition) is 6. The molecule has 0 spiro atoms. The van der Waals surface area contributed by atoms with Gasteiger partial charge >= 0.3 is 17.7 Å². The molecular formula is C10H16O6. The lowest BCUT2D eigenvalue weighted by Crippen LogP contribution is -2.27. The lowest BCUT2D eigenvalue weighted by Gasteiger charge is -2.04. The van der Waals surface area contributed by atoms with Crippen LogP contribution in [0.25, 0.3) is 0 Å². The predicted molar refractivity (Wildman–Crippen MR) is 51.5 cm³/mol. The highest BCUT2D eigenvalue weighted by atomic mass is 17.4. The summed E-state index contributed by atoms with van der Waals surface area (Å²) in [4.78, 5) is 40.1. The first kappa shape index (κ1) is 12.9. The van der Waals surface area contributed by atoms with Crippen LogP contribution >= 0.6 is 0 Å². The van der Waals surface area contributed by atoms with Crippen molar-refractivity contribution < 1.29 is 29.1 Å². The van der Waals surface area contributed by atoms with E-state index in [-0.39, 0.29) is 6.42 Å². The van der Waals surface area contributed by atoms with Crippen LogP contribution in [0.5, 0.6) is 0 Å². The first-order valence-corrected chi connectivity index (χ1v) is 5.43. The third-order valence-corrected chi connectivity index (χ3v) is 2.12. The minimum absolute atomic E-state index is 0.228. The normalized spacial score (nSPS) is 16.6. The number of carbonyl (C=O) groups is 2. The van der Waals surface area contributed by atoms with Gasteiger partial charge in [-0.2, -0.15) is 9.78 Å². The van der Waals surface area contributed by atoms with Crippen molar-refractivity contribution in [3.63, 3.8) is 0 Å². The molecule has 92 valence electrons. The minimum atomic E-state index is -1.35. The highest BCUT2D eigenvalue weighted by Crippen LogP contribution is 2.35. The quantitative estimate of drug-likeness (QED) is 0.393. The van der Waals surface area contributed by atoms with Crippen molar-refractivity contribution in [1.29, 1.82) is 0 Å². The van der Waals surface area contributed by atoms with E-state index in [1.54, 1.807) is 0 Å². The first-order valence-electron chi connectivity index (χ1n) is 5.43. The number of carbonyl (C=O) groups excluding carboxylic acids is 2. The standard InChI is InChI=1S/C10H16O6/c1-3-5-6-8(11)13-14-9(12)10(7-4-2)15-16-10/h3-7H2,1-2H3. The fraction of sp³-hybridized carbons (Fsp3) is 0.800. The van der Waals surface area contributed by atoms with Crippen molar-refractivity contribution in [3.8, 4) is 0 Å². The van der Waals surface area contributed by atoms with E-state index in [9.17, 15) is 9.59 Å². The van der Waals surface area contributed by atoms with E-state index in [1.165, 1.54) is 0 Å². The van der Waals surface area contributed by atoms with E-state index < -0.39 is 17.7 Å². The topological polar surface area (TPSA) is 77.7 Å². The van der Waals surface area contributed by atoms with Gasteiger partial charge in [-0.15, -0.1) is 0 Å². The Bertz CT molecular complexity index is 258. The van der Waals surface area contributed by atoms with Crippen molar-refractivity contribution in [2.75, 3.05) is 0 Å². The van der Waals surface area contributed by atoms with Crippen molar-refractivity contribution >= 4 is 11.9 Å². The van der Waals surface area contributed by atoms with Gasteiger partial charge in [0.15, 0.2) is 0 Å². The van der Waals surface area contributed by atoms with Gasteiger partial charge in [0.05, 0.1) is 6.42 Å². The summed E-state index contributed by atoms with van der Waals surface area (Å²) in [5.41, 5.74) is 0. The van der Waals surface area contributed by atoms with Gasteiger partial charge in [0.1, 0.15) is 0 Å². The second kappa shape index (κ2) is 5.81. The van der Waals surface area contributed by atoms with E-state index in [0.717, 1.165) is 6.42 Å². The zero-order valence-corrected chi connectivity index (χ0v) is 9.49. The van der Waals surface area contributed by atoms with Gasteiger partial charge in [-0.3, -0.25) is 0 Å². The minimum Gasteiger partial charge on any atom is -0.247 e. The molecule has 0 amide bonds. The molecule has 6 heteroatoms. The van der Waals surface area contributed by atoms with Gasteiger partial charge < -0.3 is 0 Å². The second-order valence-corrected chi connectivity index (χ2v) is 3.60. The van der Waals surface area contributed by atoms with Crippen LogP contribution in [0.4, 0.5) is 0 Å². The van der Waals surface area contributed by atoms with Gasteiger partial charge in [-0.05, 0) is 6.42 Å². The Morgan fingerprint density at radius 2 is 1.81 bits per heavy atom. The molecule has 0 radical (unpaired) electrons. The number of rotatable bonds is 6. The van der Waals surface area contributed by atoms with E-state index in [0.29, 0.717) is 19.3 Å². The van der Waals surface area contributed by atoms with Crippen LogP contribution in [-0.4, -0.2) is 17.7 Å². The van der Waals surface area contributed by atoms with E-state index in [4.69, 9.17) is 0 Å². The Balaban J connectivity index is 2.22. The molecule has 1 saturated heterocycles. The van der Waals surface area contributed by atoms with Gasteiger partial charge in [0, 0.05) is 6.42 Å². The Morgan fingerprint density at radius 3 is 2.31 bits per heavy atom. The highest BCUT2D eigenvalue weighted by Gasteiger charge is 2.58. The summed E-state index contributed by atoms with van der Waals surface area (Å²) < 4.78 is 0. The average Bonchev–Trinajstić information content (AvgIpc) is 3.04. The molecule has 0 unspecified atom stereocenters. The molecule has 1 aliphatic heterocycles. The van der Waals surface area contributed by atoms with Crippen molar-refractivity contribution in [2.45, 2.75) is 51.7 Å². The molecule has 16 heavy (non-hydrogen) atoms. The molecule has 1 rings (SSSR count). The van der Waals surface area contributed by atoms with Crippen LogP contribution in [0.3, 0.4) is 0 Å². The summed E-state index contributed by atoms with van der Waals surface area (Å²) in [6.07, 6.45) is 2.86. The largest absolute Gasteiger partial charge is 0.420 e. The van der Waals surface area contributed by atoms with Crippen molar-refractivity contribution in [3.05, 3.63) is 0 Å². The molecular weight excluding hydrogens is 216 g/mol. The lowest BCUT2D eigenvalue weighted by molar-refractivity contribution is -0.263. The van der Waals surface area contributed by atoms with E-state index >= 15 is 0 Å². The molecule has 0 aliphatic carbocycles. The Labute approximate surface area is 93.7 Å². The third kappa shape index (κ3) is 3.46. The number of unbranched alkanes of at least 4 members (excludes halogenated alkanes) is 1. The Hall–Kier alpha value is -1.14. The molecule has 1 fully saturated rings. The molecule has 0 aromatic rings. The summed E-state index contributed by atoms with van der Waals surface area (Å²) in [6.45, 7) is 3.81. The molecule has 0 aromatic heterocycles. The maximum absolute atomic E-state index is 11.3. The highest BCUT2D eigenvalue weighted by molar-refractivity contribution is 5.79. The summed E-state index contributed by atoms with van der Waals surface area (Å²) >= 11 is 0. The SMILES string of the molecule is CCCCC(=O)OOC(=O)C1(CCC)OO1. The van der Waals surface area contributed by atoms with Gasteiger partial charge in [-0.25, -0.2) is 19.4 Å². The maximum Gasteiger partial charge on any atom is 0.420 e. The molecule has 0 aromatic carbocycles. The predicted octanol–water partition coefficient (Wildman–Crippen LogP) is 1.64. The van der Waals surface area contributed by atoms with Crippen LogP contribution in [0.15, 0.2) is 0 Å². The summed E-state index contributed by atoms with van der Waals surface area (Å²) in [6, 6.07) is 0. The van der Waals surface area contributed by atoms with Crippen molar-refractivity contribution in [1.82, 2.24) is 0 Å². The molecule has 0 saturated carbocycles. The monoisotopic (exact) mass is 232 g/mol. The lowest BCUT2D eigenvalue weighted by atomic mass is 10.2. The smallest absolute Gasteiger partial charge is 0.247 e. The second-order valence-electron chi connectivity index (χ2n) is 3.60. The molecule has 0 N–H and O–H groups in total. The van der Waals surface area contributed by atoms with Crippen LogP contribution in [-0.2, 0) is 29.1 Å². The summed E-state index contributed by atoms with van der Waals surface area (Å²) in [5.74, 6) is -2.73. The van der Waals surface area contributed by atoms with Crippen LogP contribution < -0.4 is 0 Å². The third-order valence-electron chi connectivity index (χ3n) is 2.12. The zero-order chi connectivity index (χ0) is 12.0. The maximum atomic E-state index is 11.3. The van der Waals surface area contributed by atoms with Crippen LogP contribution in [0, 0.1) is 0 Å². The Morgan fingerprint density at radius 1 is 1.12 bits per heavy atom. The summed E-state index contributed by atoms with van der Waals surface area (Å²) in [5, 5.41) is 0. The molecule has 6 nitrogen and oxygen atoms in total. The van der Waals surface area contributed by atoms with E-state index in [1.807, 2.05) is 13.8 Å². The summed E-state index contributed by atoms with van der Waals surface area (Å²) in [7, 11) is 0. The fourth-order valence-corrected chi connectivity index (χ4v) is 1.14. The number of hydrogen-bond donors (Lipinski definition) is 0. The van der Waals surface area contributed by atoms with E-state index in [2.05, 4.69) is 19.6 Å². The zero-order valence-electron chi connectivity index (χ0n) is 9.49. The van der Waals surface area contributed by atoms with Gasteiger partial charge in [0.25, 0.3) is 0 Å².